The van der Waals surface area contributed by atoms with Gasteiger partial charge in [-0.2, -0.15) is 0 Å². The molecule has 0 fully saturated rings. The molecule has 5 nitrogen and oxygen atoms in total. The van der Waals surface area contributed by atoms with Crippen molar-refractivity contribution in [2.45, 2.75) is 155 Å². The lowest BCUT2D eigenvalue weighted by atomic mass is 10.0. The summed E-state index contributed by atoms with van der Waals surface area (Å²) in [5.74, 6) is -0.350. The number of carbonyl (C=O) groups excluding carboxylic acids is 1. The van der Waals surface area contributed by atoms with Crippen molar-refractivity contribution in [3.05, 3.63) is 0 Å². The average molecular weight is 444 g/mol. The lowest BCUT2D eigenvalue weighted by molar-refractivity contribution is -0.189. The zero-order valence-electron chi connectivity index (χ0n) is 21.3. The lowest BCUT2D eigenvalue weighted by Gasteiger charge is -2.26. The zero-order chi connectivity index (χ0) is 23.4. The smallest absolute Gasteiger partial charge is 0.322 e. The summed E-state index contributed by atoms with van der Waals surface area (Å²) in [6, 6.07) is -0.599. The number of carbonyl (C=O) groups is 1. The molecule has 0 amide bonds. The standard InChI is InChI=1S/C26H53NO4/c1-6-7-8-9-10-11-12-13-14-15-16-17-18-19-20-21-22-30-24(28)23(2)27-25(29)31-26(3,4)5/h23,25,27,29H,6-22H2,1-5H3/t23-,25?/m0/s1. The van der Waals surface area contributed by atoms with Gasteiger partial charge in [-0.3, -0.25) is 10.1 Å². The van der Waals surface area contributed by atoms with Crippen molar-refractivity contribution in [1.82, 2.24) is 5.32 Å². The highest BCUT2D eigenvalue weighted by Gasteiger charge is 2.21. The molecule has 0 aromatic carbocycles. The molecule has 0 heterocycles. The van der Waals surface area contributed by atoms with Crippen LogP contribution in [0.4, 0.5) is 0 Å². The first kappa shape index (κ1) is 30.4. The van der Waals surface area contributed by atoms with Crippen molar-refractivity contribution in [1.29, 1.82) is 0 Å². The maximum atomic E-state index is 12.0. The normalized spacial score (nSPS) is 13.9. The number of hydrogen-bond donors (Lipinski definition) is 2. The quantitative estimate of drug-likeness (QED) is 0.115. The van der Waals surface area contributed by atoms with Gasteiger partial charge in [-0.25, -0.2) is 0 Å². The molecule has 2 N–H and O–H groups in total. The van der Waals surface area contributed by atoms with Gasteiger partial charge in [0.1, 0.15) is 6.04 Å². The van der Waals surface area contributed by atoms with E-state index in [-0.39, 0.29) is 5.97 Å². The van der Waals surface area contributed by atoms with Crippen LogP contribution in [-0.2, 0) is 14.3 Å². The van der Waals surface area contributed by atoms with E-state index in [2.05, 4.69) is 12.2 Å². The largest absolute Gasteiger partial charge is 0.465 e. The first-order chi connectivity index (χ1) is 14.8. The van der Waals surface area contributed by atoms with Crippen LogP contribution in [0.3, 0.4) is 0 Å². The molecule has 31 heavy (non-hydrogen) atoms. The molecule has 186 valence electrons. The summed E-state index contributed by atoms with van der Waals surface area (Å²) >= 11 is 0. The highest BCUT2D eigenvalue weighted by molar-refractivity contribution is 5.75. The molecule has 0 saturated carbocycles. The van der Waals surface area contributed by atoms with Crippen LogP contribution in [0.2, 0.25) is 0 Å². The van der Waals surface area contributed by atoms with Crippen molar-refractivity contribution in [2.24, 2.45) is 0 Å². The molecule has 0 aromatic rings. The van der Waals surface area contributed by atoms with E-state index in [1.165, 1.54) is 89.9 Å². The molecule has 0 saturated heterocycles. The van der Waals surface area contributed by atoms with E-state index in [1.54, 1.807) is 6.92 Å². The van der Waals surface area contributed by atoms with Gasteiger partial charge in [-0.05, 0) is 34.1 Å². The summed E-state index contributed by atoms with van der Waals surface area (Å²) in [6.45, 7) is 9.93. The van der Waals surface area contributed by atoms with Crippen molar-refractivity contribution in [2.75, 3.05) is 6.61 Å². The minimum atomic E-state index is -1.18. The molecule has 0 aliphatic rings. The Morgan fingerprint density at radius 3 is 1.55 bits per heavy atom. The first-order valence-corrected chi connectivity index (χ1v) is 13.0. The minimum absolute atomic E-state index is 0.350. The predicted molar refractivity (Wildman–Crippen MR) is 130 cm³/mol. The van der Waals surface area contributed by atoms with E-state index in [0.29, 0.717) is 6.61 Å². The van der Waals surface area contributed by atoms with Crippen LogP contribution in [-0.4, -0.2) is 35.7 Å². The number of esters is 1. The minimum Gasteiger partial charge on any atom is -0.465 e. The van der Waals surface area contributed by atoms with Gasteiger partial charge in [0.2, 0.25) is 6.41 Å². The van der Waals surface area contributed by atoms with Gasteiger partial charge < -0.3 is 14.6 Å². The van der Waals surface area contributed by atoms with E-state index >= 15 is 0 Å². The number of unbranched alkanes of at least 4 members (excludes halogenated alkanes) is 15. The number of hydrogen-bond acceptors (Lipinski definition) is 5. The molecule has 0 aromatic heterocycles. The van der Waals surface area contributed by atoms with Crippen LogP contribution >= 0.6 is 0 Å². The number of aliphatic hydroxyl groups is 1. The molecular formula is C26H53NO4. The predicted octanol–water partition coefficient (Wildman–Crippen LogP) is 6.86. The molecule has 2 atom stereocenters. The second-order valence-corrected chi connectivity index (χ2v) is 9.94. The van der Waals surface area contributed by atoms with Crippen LogP contribution in [0.5, 0.6) is 0 Å². The van der Waals surface area contributed by atoms with E-state index < -0.39 is 18.1 Å². The summed E-state index contributed by atoms with van der Waals surface area (Å²) in [5, 5.41) is 12.5. The van der Waals surface area contributed by atoms with Crippen molar-refractivity contribution < 1.29 is 19.4 Å². The third-order valence-corrected chi connectivity index (χ3v) is 5.45. The van der Waals surface area contributed by atoms with Gasteiger partial charge in [-0.15, -0.1) is 0 Å². The maximum absolute atomic E-state index is 12.0. The number of nitrogens with one attached hydrogen (secondary N) is 1. The second kappa shape index (κ2) is 20.0. The Bertz CT molecular complexity index is 409. The van der Waals surface area contributed by atoms with Gasteiger partial charge in [0.25, 0.3) is 0 Å². The first-order valence-electron chi connectivity index (χ1n) is 13.0. The Hall–Kier alpha value is -0.650. The fraction of sp³-hybridized carbons (Fsp3) is 0.962. The zero-order valence-corrected chi connectivity index (χ0v) is 21.3. The Morgan fingerprint density at radius 1 is 0.774 bits per heavy atom. The lowest BCUT2D eigenvalue weighted by Crippen LogP contribution is -2.46. The summed E-state index contributed by atoms with van der Waals surface area (Å²) in [5.41, 5.74) is -0.483. The van der Waals surface area contributed by atoms with E-state index in [0.717, 1.165) is 12.8 Å². The Labute approximate surface area is 193 Å². The van der Waals surface area contributed by atoms with Crippen LogP contribution in [0.1, 0.15) is 137 Å². The highest BCUT2D eigenvalue weighted by Crippen LogP contribution is 2.14. The van der Waals surface area contributed by atoms with Crippen molar-refractivity contribution >= 4 is 5.97 Å². The van der Waals surface area contributed by atoms with Crippen LogP contribution < -0.4 is 5.32 Å². The SMILES string of the molecule is CCCCCCCCCCCCCCCCCCOC(=O)[C@H](C)NC(O)OC(C)(C)C. The van der Waals surface area contributed by atoms with Gasteiger partial charge in [-0.1, -0.05) is 103 Å². The summed E-state index contributed by atoms with van der Waals surface area (Å²) in [4.78, 5) is 12.0. The third kappa shape index (κ3) is 22.3. The van der Waals surface area contributed by atoms with Gasteiger partial charge in [0, 0.05) is 0 Å². The molecule has 5 heteroatoms. The fourth-order valence-corrected chi connectivity index (χ4v) is 3.60. The molecule has 0 aliphatic heterocycles. The third-order valence-electron chi connectivity index (χ3n) is 5.45. The molecule has 0 spiro atoms. The maximum Gasteiger partial charge on any atom is 0.322 e. The summed E-state index contributed by atoms with van der Waals surface area (Å²) in [6.07, 6.45) is 20.0. The van der Waals surface area contributed by atoms with E-state index in [4.69, 9.17) is 9.47 Å². The second-order valence-electron chi connectivity index (χ2n) is 9.94. The average Bonchev–Trinajstić information content (AvgIpc) is 2.68. The number of rotatable bonds is 21. The number of aliphatic hydroxyl groups excluding tert-OH is 1. The summed E-state index contributed by atoms with van der Waals surface area (Å²) in [7, 11) is 0. The molecule has 0 rings (SSSR count). The van der Waals surface area contributed by atoms with Crippen LogP contribution in [0.15, 0.2) is 0 Å². The van der Waals surface area contributed by atoms with Crippen molar-refractivity contribution in [3.63, 3.8) is 0 Å². The topological polar surface area (TPSA) is 67.8 Å². The molecule has 0 bridgehead atoms. The fourth-order valence-electron chi connectivity index (χ4n) is 3.60. The monoisotopic (exact) mass is 443 g/mol. The Balaban J connectivity index is 3.38. The highest BCUT2D eigenvalue weighted by atomic mass is 16.6. The van der Waals surface area contributed by atoms with Gasteiger partial charge >= 0.3 is 5.97 Å². The molecule has 0 radical (unpaired) electrons. The Morgan fingerprint density at radius 2 is 1.16 bits per heavy atom. The van der Waals surface area contributed by atoms with Crippen molar-refractivity contribution in [3.8, 4) is 0 Å². The van der Waals surface area contributed by atoms with Gasteiger partial charge in [0.05, 0.1) is 12.2 Å². The number of ether oxygens (including phenoxy) is 2. The van der Waals surface area contributed by atoms with E-state index in [1.807, 2.05) is 20.8 Å². The summed E-state index contributed by atoms with van der Waals surface area (Å²) < 4.78 is 10.6. The molecule has 1 unspecified atom stereocenters. The van der Waals surface area contributed by atoms with E-state index in [9.17, 15) is 9.90 Å². The van der Waals surface area contributed by atoms with Gasteiger partial charge in [0.15, 0.2) is 0 Å². The molecule has 0 aliphatic carbocycles. The Kier molecular flexibility index (Phi) is 19.6. The van der Waals surface area contributed by atoms with Crippen LogP contribution in [0, 0.1) is 0 Å². The molecular weight excluding hydrogens is 390 g/mol. The van der Waals surface area contributed by atoms with Crippen LogP contribution in [0.25, 0.3) is 0 Å².